The summed E-state index contributed by atoms with van der Waals surface area (Å²) in [5, 5.41) is 2.87. The van der Waals surface area contributed by atoms with Gasteiger partial charge in [-0.1, -0.05) is 12.1 Å². The molecule has 0 saturated heterocycles. The molecule has 0 bridgehead atoms. The molecule has 1 amide bonds. The third kappa shape index (κ3) is 2.32. The summed E-state index contributed by atoms with van der Waals surface area (Å²) in [5.74, 6) is -0.0862. The summed E-state index contributed by atoms with van der Waals surface area (Å²) < 4.78 is 0. The van der Waals surface area contributed by atoms with Crippen molar-refractivity contribution in [2.45, 2.75) is 19.9 Å². The SMILES string of the molecule is CC(C)NC(=O)c1ccc2nc3ccccc3nc2c1. The Balaban J connectivity index is 2.10. The van der Waals surface area contributed by atoms with E-state index in [9.17, 15) is 4.79 Å². The van der Waals surface area contributed by atoms with Gasteiger partial charge in [-0.25, -0.2) is 9.97 Å². The molecule has 0 saturated carbocycles. The number of carbonyl (C=O) groups excluding carboxylic acids is 1. The van der Waals surface area contributed by atoms with Crippen LogP contribution in [0.1, 0.15) is 24.2 Å². The van der Waals surface area contributed by atoms with Crippen LogP contribution in [0, 0.1) is 0 Å². The molecule has 0 aliphatic heterocycles. The van der Waals surface area contributed by atoms with Crippen LogP contribution >= 0.6 is 0 Å². The molecule has 0 radical (unpaired) electrons. The Morgan fingerprint density at radius 1 is 0.950 bits per heavy atom. The van der Waals surface area contributed by atoms with Crippen LogP contribution in [0.25, 0.3) is 22.1 Å². The lowest BCUT2D eigenvalue weighted by Crippen LogP contribution is -2.30. The molecule has 0 fully saturated rings. The van der Waals surface area contributed by atoms with Crippen LogP contribution < -0.4 is 5.32 Å². The Kier molecular flexibility index (Phi) is 3.06. The lowest BCUT2D eigenvalue weighted by Gasteiger charge is -2.08. The first-order chi connectivity index (χ1) is 9.63. The number of aromatic nitrogens is 2. The van der Waals surface area contributed by atoms with E-state index >= 15 is 0 Å². The number of nitrogens with one attached hydrogen (secondary N) is 1. The van der Waals surface area contributed by atoms with Gasteiger partial charge in [0.2, 0.25) is 0 Å². The van der Waals surface area contributed by atoms with Gasteiger partial charge in [-0.15, -0.1) is 0 Å². The van der Waals surface area contributed by atoms with Crippen molar-refractivity contribution in [1.82, 2.24) is 15.3 Å². The number of carbonyl (C=O) groups is 1. The second-order valence-corrected chi connectivity index (χ2v) is 5.04. The maximum Gasteiger partial charge on any atom is 0.251 e. The standard InChI is InChI=1S/C16H15N3O/c1-10(2)17-16(20)11-7-8-14-15(9-11)19-13-6-4-3-5-12(13)18-14/h3-10H,1-2H3,(H,17,20). The maximum absolute atomic E-state index is 12.0. The van der Waals surface area contributed by atoms with E-state index in [2.05, 4.69) is 15.3 Å². The van der Waals surface area contributed by atoms with Gasteiger partial charge in [0.05, 0.1) is 22.1 Å². The van der Waals surface area contributed by atoms with Crippen molar-refractivity contribution < 1.29 is 4.79 Å². The third-order valence-electron chi connectivity index (χ3n) is 3.02. The summed E-state index contributed by atoms with van der Waals surface area (Å²) in [4.78, 5) is 21.1. The fraction of sp³-hybridized carbons (Fsp3) is 0.188. The van der Waals surface area contributed by atoms with Crippen molar-refractivity contribution in [2.24, 2.45) is 0 Å². The summed E-state index contributed by atoms with van der Waals surface area (Å²) in [5.41, 5.74) is 3.83. The molecule has 4 nitrogen and oxygen atoms in total. The third-order valence-corrected chi connectivity index (χ3v) is 3.02. The molecule has 0 aliphatic rings. The molecular weight excluding hydrogens is 250 g/mol. The largest absolute Gasteiger partial charge is 0.350 e. The average Bonchev–Trinajstić information content (AvgIpc) is 2.43. The van der Waals surface area contributed by atoms with Crippen molar-refractivity contribution in [3.05, 3.63) is 48.0 Å². The van der Waals surface area contributed by atoms with Gasteiger partial charge in [-0.2, -0.15) is 0 Å². The Bertz CT molecular complexity index is 796. The van der Waals surface area contributed by atoms with Gasteiger partial charge in [-0.05, 0) is 44.2 Å². The molecule has 0 atom stereocenters. The first-order valence-electron chi connectivity index (χ1n) is 6.61. The maximum atomic E-state index is 12.0. The predicted octanol–water partition coefficient (Wildman–Crippen LogP) is 2.92. The Labute approximate surface area is 116 Å². The van der Waals surface area contributed by atoms with Crippen molar-refractivity contribution in [3.63, 3.8) is 0 Å². The predicted molar refractivity (Wildman–Crippen MR) is 79.6 cm³/mol. The quantitative estimate of drug-likeness (QED) is 0.725. The lowest BCUT2D eigenvalue weighted by molar-refractivity contribution is 0.0943. The molecule has 1 N–H and O–H groups in total. The topological polar surface area (TPSA) is 54.9 Å². The first-order valence-corrected chi connectivity index (χ1v) is 6.61. The van der Waals surface area contributed by atoms with Gasteiger partial charge in [0.1, 0.15) is 0 Å². The number of hydrogen-bond acceptors (Lipinski definition) is 3. The molecule has 0 spiro atoms. The van der Waals surface area contributed by atoms with E-state index in [1.807, 2.05) is 44.2 Å². The number of fused-ring (bicyclic) bond motifs is 2. The monoisotopic (exact) mass is 265 g/mol. The fourth-order valence-electron chi connectivity index (χ4n) is 2.11. The van der Waals surface area contributed by atoms with Crippen LogP contribution in [0.3, 0.4) is 0 Å². The van der Waals surface area contributed by atoms with Crippen LogP contribution in [0.5, 0.6) is 0 Å². The molecule has 4 heteroatoms. The molecular formula is C16H15N3O. The molecule has 3 aromatic rings. The van der Waals surface area contributed by atoms with E-state index < -0.39 is 0 Å². The van der Waals surface area contributed by atoms with Gasteiger partial charge >= 0.3 is 0 Å². The van der Waals surface area contributed by atoms with Crippen LogP contribution in [-0.2, 0) is 0 Å². The van der Waals surface area contributed by atoms with Crippen LogP contribution in [-0.4, -0.2) is 21.9 Å². The smallest absolute Gasteiger partial charge is 0.251 e. The highest BCUT2D eigenvalue weighted by Crippen LogP contribution is 2.17. The van der Waals surface area contributed by atoms with E-state index in [1.54, 1.807) is 12.1 Å². The number of benzene rings is 2. The average molecular weight is 265 g/mol. The molecule has 20 heavy (non-hydrogen) atoms. The summed E-state index contributed by atoms with van der Waals surface area (Å²) in [6.45, 7) is 3.87. The van der Waals surface area contributed by atoms with Crippen molar-refractivity contribution >= 4 is 28.0 Å². The van der Waals surface area contributed by atoms with Gasteiger partial charge < -0.3 is 5.32 Å². The van der Waals surface area contributed by atoms with Crippen LogP contribution in [0.2, 0.25) is 0 Å². The van der Waals surface area contributed by atoms with Crippen LogP contribution in [0.15, 0.2) is 42.5 Å². The van der Waals surface area contributed by atoms with E-state index in [0.29, 0.717) is 5.56 Å². The van der Waals surface area contributed by atoms with Crippen LogP contribution in [0.4, 0.5) is 0 Å². The van der Waals surface area contributed by atoms with Gasteiger partial charge in [0.15, 0.2) is 0 Å². The summed E-state index contributed by atoms with van der Waals surface area (Å²) in [7, 11) is 0. The van der Waals surface area contributed by atoms with E-state index in [1.165, 1.54) is 0 Å². The van der Waals surface area contributed by atoms with E-state index in [4.69, 9.17) is 0 Å². The van der Waals surface area contributed by atoms with E-state index in [-0.39, 0.29) is 11.9 Å². The van der Waals surface area contributed by atoms with Gasteiger partial charge in [0.25, 0.3) is 5.91 Å². The molecule has 0 aliphatic carbocycles. The van der Waals surface area contributed by atoms with Crippen molar-refractivity contribution in [3.8, 4) is 0 Å². The Hall–Kier alpha value is -2.49. The minimum absolute atomic E-state index is 0.0862. The minimum Gasteiger partial charge on any atom is -0.350 e. The number of nitrogens with zero attached hydrogens (tertiary/aromatic N) is 2. The highest BCUT2D eigenvalue weighted by molar-refractivity contribution is 5.98. The zero-order valence-corrected chi connectivity index (χ0v) is 11.4. The minimum atomic E-state index is -0.0862. The molecule has 1 heterocycles. The number of amides is 1. The highest BCUT2D eigenvalue weighted by Gasteiger charge is 2.09. The lowest BCUT2D eigenvalue weighted by atomic mass is 10.1. The molecule has 1 aromatic heterocycles. The Morgan fingerprint density at radius 3 is 2.20 bits per heavy atom. The number of hydrogen-bond donors (Lipinski definition) is 1. The Morgan fingerprint density at radius 2 is 1.55 bits per heavy atom. The highest BCUT2D eigenvalue weighted by atomic mass is 16.1. The zero-order valence-electron chi connectivity index (χ0n) is 11.4. The van der Waals surface area contributed by atoms with Crippen molar-refractivity contribution in [2.75, 3.05) is 0 Å². The first kappa shape index (κ1) is 12.5. The zero-order chi connectivity index (χ0) is 14.1. The van der Waals surface area contributed by atoms with Gasteiger partial charge in [-0.3, -0.25) is 4.79 Å². The fourth-order valence-corrected chi connectivity index (χ4v) is 2.11. The second-order valence-electron chi connectivity index (χ2n) is 5.04. The summed E-state index contributed by atoms with van der Waals surface area (Å²) in [6, 6.07) is 13.2. The van der Waals surface area contributed by atoms with Gasteiger partial charge in [0, 0.05) is 11.6 Å². The second kappa shape index (κ2) is 4.89. The van der Waals surface area contributed by atoms with Crippen molar-refractivity contribution in [1.29, 1.82) is 0 Å². The number of rotatable bonds is 2. The summed E-state index contributed by atoms with van der Waals surface area (Å²) in [6.07, 6.45) is 0. The summed E-state index contributed by atoms with van der Waals surface area (Å²) >= 11 is 0. The normalized spacial score (nSPS) is 11.2. The molecule has 2 aromatic carbocycles. The molecule has 0 unspecified atom stereocenters. The number of para-hydroxylation sites is 2. The molecule has 3 rings (SSSR count). The van der Waals surface area contributed by atoms with E-state index in [0.717, 1.165) is 22.1 Å². The molecule has 100 valence electrons.